The zero-order chi connectivity index (χ0) is 14.5. The van der Waals surface area contributed by atoms with E-state index in [2.05, 4.69) is 39.9 Å². The standard InChI is InChI=1S/C16H20BrNO2/c1-2-12-4-3-9-18(11-12)14-7-5-13(15(17)10-14)6-8-16(19)20/h5-8,10,12H,2-4,9,11H2,1H3,(H,19,20)/b8-6+. The largest absolute Gasteiger partial charge is 0.478 e. The van der Waals surface area contributed by atoms with E-state index >= 15 is 0 Å². The molecule has 1 heterocycles. The number of hydrogen-bond acceptors (Lipinski definition) is 2. The van der Waals surface area contributed by atoms with Gasteiger partial charge in [-0.25, -0.2) is 4.79 Å². The average molecular weight is 338 g/mol. The first kappa shape index (κ1) is 15.1. The van der Waals surface area contributed by atoms with Crippen LogP contribution in [0.2, 0.25) is 0 Å². The summed E-state index contributed by atoms with van der Waals surface area (Å²) in [5.41, 5.74) is 2.10. The van der Waals surface area contributed by atoms with E-state index in [-0.39, 0.29) is 0 Å². The van der Waals surface area contributed by atoms with Gasteiger partial charge in [-0.3, -0.25) is 0 Å². The summed E-state index contributed by atoms with van der Waals surface area (Å²) in [5.74, 6) is -0.142. The van der Waals surface area contributed by atoms with E-state index in [1.807, 2.05) is 6.07 Å². The Bertz CT molecular complexity index is 513. The molecule has 1 aromatic carbocycles. The second-order valence-corrected chi connectivity index (χ2v) is 6.09. The van der Waals surface area contributed by atoms with Crippen LogP contribution in [0, 0.1) is 5.92 Å². The minimum absolute atomic E-state index is 0.786. The lowest BCUT2D eigenvalue weighted by atomic mass is 9.95. The van der Waals surface area contributed by atoms with E-state index in [0.717, 1.165) is 35.1 Å². The zero-order valence-electron chi connectivity index (χ0n) is 11.7. The van der Waals surface area contributed by atoms with Crippen LogP contribution in [0.25, 0.3) is 6.08 Å². The first-order chi connectivity index (χ1) is 9.60. The highest BCUT2D eigenvalue weighted by Crippen LogP contribution is 2.29. The second kappa shape index (κ2) is 6.93. The molecule has 0 amide bonds. The number of rotatable bonds is 4. The molecule has 1 aromatic rings. The summed E-state index contributed by atoms with van der Waals surface area (Å²) < 4.78 is 0.936. The molecule has 0 bridgehead atoms. The van der Waals surface area contributed by atoms with E-state index in [9.17, 15) is 4.79 Å². The van der Waals surface area contributed by atoms with Crippen molar-refractivity contribution in [3.63, 3.8) is 0 Å². The van der Waals surface area contributed by atoms with Gasteiger partial charge in [-0.2, -0.15) is 0 Å². The first-order valence-corrected chi connectivity index (χ1v) is 7.85. The quantitative estimate of drug-likeness (QED) is 0.838. The summed E-state index contributed by atoms with van der Waals surface area (Å²) in [6.45, 7) is 4.48. The molecule has 1 saturated heterocycles. The van der Waals surface area contributed by atoms with Gasteiger partial charge in [0, 0.05) is 29.3 Å². The molecule has 1 unspecified atom stereocenters. The molecule has 1 aliphatic rings. The third-order valence-electron chi connectivity index (χ3n) is 3.85. The van der Waals surface area contributed by atoms with Crippen molar-refractivity contribution in [1.29, 1.82) is 0 Å². The van der Waals surface area contributed by atoms with E-state index in [4.69, 9.17) is 5.11 Å². The molecule has 1 atom stereocenters. The molecule has 1 fully saturated rings. The molecule has 1 aliphatic heterocycles. The van der Waals surface area contributed by atoms with Crippen LogP contribution in [0.15, 0.2) is 28.7 Å². The Morgan fingerprint density at radius 1 is 1.55 bits per heavy atom. The number of aliphatic carboxylic acids is 1. The Morgan fingerprint density at radius 2 is 2.35 bits per heavy atom. The Kier molecular flexibility index (Phi) is 5.24. The lowest BCUT2D eigenvalue weighted by molar-refractivity contribution is -0.131. The van der Waals surface area contributed by atoms with Crippen LogP contribution in [-0.4, -0.2) is 24.2 Å². The zero-order valence-corrected chi connectivity index (χ0v) is 13.3. The number of carboxylic acid groups (broad SMARTS) is 1. The second-order valence-electron chi connectivity index (χ2n) is 5.24. The first-order valence-electron chi connectivity index (χ1n) is 7.05. The van der Waals surface area contributed by atoms with Gasteiger partial charge in [-0.15, -0.1) is 0 Å². The lowest BCUT2D eigenvalue weighted by Gasteiger charge is -2.34. The van der Waals surface area contributed by atoms with Crippen molar-refractivity contribution < 1.29 is 9.90 Å². The van der Waals surface area contributed by atoms with Crippen LogP contribution in [0.3, 0.4) is 0 Å². The molecule has 0 radical (unpaired) electrons. The normalized spacial score (nSPS) is 19.5. The summed E-state index contributed by atoms with van der Waals surface area (Å²) in [7, 11) is 0. The fourth-order valence-electron chi connectivity index (χ4n) is 2.64. The summed E-state index contributed by atoms with van der Waals surface area (Å²) in [6.07, 6.45) is 6.58. The van der Waals surface area contributed by atoms with Crippen molar-refractivity contribution in [2.24, 2.45) is 5.92 Å². The van der Waals surface area contributed by atoms with Crippen LogP contribution in [0.5, 0.6) is 0 Å². The van der Waals surface area contributed by atoms with Crippen molar-refractivity contribution in [1.82, 2.24) is 0 Å². The smallest absolute Gasteiger partial charge is 0.328 e. The van der Waals surface area contributed by atoms with Crippen molar-refractivity contribution >= 4 is 33.7 Å². The molecule has 3 nitrogen and oxygen atoms in total. The van der Waals surface area contributed by atoms with Gasteiger partial charge in [0.05, 0.1) is 0 Å². The van der Waals surface area contributed by atoms with Crippen LogP contribution < -0.4 is 4.90 Å². The average Bonchev–Trinajstić information content (AvgIpc) is 2.46. The number of benzene rings is 1. The van der Waals surface area contributed by atoms with Crippen molar-refractivity contribution in [3.05, 3.63) is 34.3 Å². The van der Waals surface area contributed by atoms with Gasteiger partial charge in [0.15, 0.2) is 0 Å². The van der Waals surface area contributed by atoms with Crippen LogP contribution in [0.1, 0.15) is 31.7 Å². The number of piperidine rings is 1. The number of anilines is 1. The summed E-state index contributed by atoms with van der Waals surface area (Å²) >= 11 is 3.53. The molecule has 0 aliphatic carbocycles. The molecular formula is C16H20BrNO2. The lowest BCUT2D eigenvalue weighted by Crippen LogP contribution is -2.35. The maximum Gasteiger partial charge on any atom is 0.328 e. The Hall–Kier alpha value is -1.29. The maximum atomic E-state index is 10.6. The van der Waals surface area contributed by atoms with E-state index in [1.165, 1.54) is 24.9 Å². The number of carboxylic acids is 1. The fraction of sp³-hybridized carbons (Fsp3) is 0.438. The summed E-state index contributed by atoms with van der Waals surface area (Å²) in [4.78, 5) is 13.0. The highest BCUT2D eigenvalue weighted by atomic mass is 79.9. The summed E-state index contributed by atoms with van der Waals surface area (Å²) in [5, 5.41) is 8.67. The highest BCUT2D eigenvalue weighted by molar-refractivity contribution is 9.10. The molecule has 0 spiro atoms. The number of carbonyl (C=O) groups is 1. The van der Waals surface area contributed by atoms with Crippen molar-refractivity contribution in [3.8, 4) is 0 Å². The molecular weight excluding hydrogens is 318 g/mol. The van der Waals surface area contributed by atoms with Gasteiger partial charge >= 0.3 is 5.97 Å². The van der Waals surface area contributed by atoms with E-state index in [1.54, 1.807) is 6.08 Å². The maximum absolute atomic E-state index is 10.6. The number of nitrogens with zero attached hydrogens (tertiary/aromatic N) is 1. The van der Waals surface area contributed by atoms with Gasteiger partial charge in [-0.1, -0.05) is 35.3 Å². The Balaban J connectivity index is 2.14. The summed E-state index contributed by atoms with van der Waals surface area (Å²) in [6, 6.07) is 6.12. The van der Waals surface area contributed by atoms with Crippen LogP contribution in [-0.2, 0) is 4.79 Å². The molecule has 108 valence electrons. The highest BCUT2D eigenvalue weighted by Gasteiger charge is 2.18. The fourth-order valence-corrected chi connectivity index (χ4v) is 3.14. The predicted molar refractivity (Wildman–Crippen MR) is 86.0 cm³/mol. The monoisotopic (exact) mass is 337 g/mol. The Morgan fingerprint density at radius 3 is 3.00 bits per heavy atom. The molecule has 4 heteroatoms. The third kappa shape index (κ3) is 3.85. The van der Waals surface area contributed by atoms with Gasteiger partial charge in [-0.05, 0) is 42.5 Å². The molecule has 2 rings (SSSR count). The predicted octanol–water partition coefficient (Wildman–Crippen LogP) is 4.17. The number of hydrogen-bond donors (Lipinski definition) is 1. The van der Waals surface area contributed by atoms with E-state index in [0.29, 0.717) is 0 Å². The van der Waals surface area contributed by atoms with Gasteiger partial charge in [0.25, 0.3) is 0 Å². The van der Waals surface area contributed by atoms with Gasteiger partial charge in [0.1, 0.15) is 0 Å². The van der Waals surface area contributed by atoms with Crippen molar-refractivity contribution in [2.45, 2.75) is 26.2 Å². The van der Waals surface area contributed by atoms with Crippen molar-refractivity contribution in [2.75, 3.05) is 18.0 Å². The van der Waals surface area contributed by atoms with Crippen LogP contribution >= 0.6 is 15.9 Å². The molecule has 20 heavy (non-hydrogen) atoms. The van der Waals surface area contributed by atoms with Gasteiger partial charge in [0.2, 0.25) is 0 Å². The Labute approximate surface area is 128 Å². The molecule has 0 saturated carbocycles. The minimum atomic E-state index is -0.928. The third-order valence-corrected chi connectivity index (χ3v) is 4.54. The number of halogens is 1. The molecule has 1 N–H and O–H groups in total. The SMILES string of the molecule is CCC1CCCN(c2ccc(/C=C/C(=O)O)c(Br)c2)C1. The van der Waals surface area contributed by atoms with Gasteiger partial charge < -0.3 is 10.0 Å². The molecule has 0 aromatic heterocycles. The topological polar surface area (TPSA) is 40.5 Å². The van der Waals surface area contributed by atoms with Crippen LogP contribution in [0.4, 0.5) is 5.69 Å². The minimum Gasteiger partial charge on any atom is -0.478 e. The van der Waals surface area contributed by atoms with E-state index < -0.39 is 5.97 Å².